The van der Waals surface area contributed by atoms with E-state index in [4.69, 9.17) is 14.2 Å². The van der Waals surface area contributed by atoms with Crippen LogP contribution in [0, 0.1) is 0 Å². The van der Waals surface area contributed by atoms with Crippen LogP contribution in [-0.2, 0) is 4.74 Å². The Balaban J connectivity index is 2.13. The first-order valence-corrected chi connectivity index (χ1v) is 8.21. The predicted molar refractivity (Wildman–Crippen MR) is 97.9 cm³/mol. The van der Waals surface area contributed by atoms with E-state index in [1.807, 2.05) is 24.3 Å². The summed E-state index contributed by atoms with van der Waals surface area (Å²) < 4.78 is 16.7. The van der Waals surface area contributed by atoms with Crippen LogP contribution < -0.4 is 9.47 Å². The van der Waals surface area contributed by atoms with E-state index >= 15 is 0 Å². The van der Waals surface area contributed by atoms with Gasteiger partial charge < -0.3 is 14.2 Å². The quantitative estimate of drug-likeness (QED) is 0.381. The Morgan fingerprint density at radius 1 is 1.08 bits per heavy atom. The van der Waals surface area contributed by atoms with Gasteiger partial charge in [0, 0.05) is 17.1 Å². The average Bonchev–Trinajstić information content (AvgIpc) is 2.61. The maximum absolute atomic E-state index is 12.4. The molecule has 5 heteroatoms. The van der Waals surface area contributed by atoms with Crippen molar-refractivity contribution in [1.82, 2.24) is 0 Å². The molecule has 126 valence electrons. The second-order valence-corrected chi connectivity index (χ2v) is 5.78. The van der Waals surface area contributed by atoms with Crippen LogP contribution in [-0.4, -0.2) is 33.2 Å². The third-order valence-corrected chi connectivity index (χ3v) is 4.03. The Hall–Kier alpha value is -2.11. The summed E-state index contributed by atoms with van der Waals surface area (Å²) in [6, 6.07) is 12.8. The van der Waals surface area contributed by atoms with Gasteiger partial charge in [-0.05, 0) is 42.0 Å². The Morgan fingerprint density at radius 3 is 2.58 bits per heavy atom. The number of hydrogen-bond donors (Lipinski definition) is 0. The fourth-order valence-electron chi connectivity index (χ4n) is 2.05. The topological polar surface area (TPSA) is 44.8 Å². The first kappa shape index (κ1) is 18.2. The third kappa shape index (κ3) is 4.94. The van der Waals surface area contributed by atoms with E-state index in [-0.39, 0.29) is 5.78 Å². The molecule has 0 radical (unpaired) electrons. The van der Waals surface area contributed by atoms with Gasteiger partial charge in [0.25, 0.3) is 0 Å². The smallest absolute Gasteiger partial charge is 0.185 e. The number of carbonyl (C=O) groups excluding carboxylic acids is 1. The lowest BCUT2D eigenvalue weighted by Crippen LogP contribution is -2.06. The molecular weight excluding hydrogens is 372 g/mol. The standard InChI is InChI=1S/C19H19BrO4/c1-22-11-12-24-18-10-8-15(13-19(18)23-2)17(21)9-7-14-5-3-4-6-16(14)20/h3-10,13H,11-12H2,1-2H3/b9-7+. The fourth-order valence-corrected chi connectivity index (χ4v) is 2.46. The van der Waals surface area contributed by atoms with E-state index in [1.165, 1.54) is 0 Å². The van der Waals surface area contributed by atoms with Crippen LogP contribution in [0.3, 0.4) is 0 Å². The Morgan fingerprint density at radius 2 is 1.88 bits per heavy atom. The van der Waals surface area contributed by atoms with Crippen LogP contribution in [0.25, 0.3) is 6.08 Å². The zero-order valence-electron chi connectivity index (χ0n) is 13.6. The van der Waals surface area contributed by atoms with Gasteiger partial charge in [0.05, 0.1) is 13.7 Å². The molecular formula is C19H19BrO4. The molecule has 0 aliphatic carbocycles. The number of allylic oxidation sites excluding steroid dienone is 1. The molecule has 0 saturated carbocycles. The summed E-state index contributed by atoms with van der Waals surface area (Å²) in [5.74, 6) is 1.000. The molecule has 2 aromatic rings. The Bertz CT molecular complexity index is 725. The number of rotatable bonds is 8. The molecule has 0 aromatic heterocycles. The molecule has 24 heavy (non-hydrogen) atoms. The SMILES string of the molecule is COCCOc1ccc(C(=O)/C=C/c2ccccc2Br)cc1OC. The molecule has 0 unspecified atom stereocenters. The van der Waals surface area contributed by atoms with E-state index in [0.29, 0.717) is 30.3 Å². The van der Waals surface area contributed by atoms with Crippen molar-refractivity contribution in [1.29, 1.82) is 0 Å². The molecule has 0 aliphatic heterocycles. The van der Waals surface area contributed by atoms with Crippen LogP contribution >= 0.6 is 15.9 Å². The molecule has 0 saturated heterocycles. The number of carbonyl (C=O) groups is 1. The highest BCUT2D eigenvalue weighted by molar-refractivity contribution is 9.10. The summed E-state index contributed by atoms with van der Waals surface area (Å²) in [5, 5.41) is 0. The van der Waals surface area contributed by atoms with Crippen LogP contribution in [0.2, 0.25) is 0 Å². The normalized spacial score (nSPS) is 10.8. The minimum atomic E-state index is -0.104. The van der Waals surface area contributed by atoms with Crippen molar-refractivity contribution in [3.8, 4) is 11.5 Å². The monoisotopic (exact) mass is 390 g/mol. The molecule has 0 fully saturated rings. The summed E-state index contributed by atoms with van der Waals surface area (Å²) in [6.07, 6.45) is 3.32. The maximum atomic E-state index is 12.4. The molecule has 2 aromatic carbocycles. The highest BCUT2D eigenvalue weighted by atomic mass is 79.9. The van der Waals surface area contributed by atoms with Gasteiger partial charge in [0.15, 0.2) is 17.3 Å². The second-order valence-electron chi connectivity index (χ2n) is 4.93. The molecule has 0 spiro atoms. The first-order chi connectivity index (χ1) is 11.7. The van der Waals surface area contributed by atoms with Crippen LogP contribution in [0.15, 0.2) is 53.0 Å². The largest absolute Gasteiger partial charge is 0.493 e. The summed E-state index contributed by atoms with van der Waals surface area (Å²) in [5.41, 5.74) is 1.48. The first-order valence-electron chi connectivity index (χ1n) is 7.42. The molecule has 0 bridgehead atoms. The van der Waals surface area contributed by atoms with Crippen LogP contribution in [0.1, 0.15) is 15.9 Å². The van der Waals surface area contributed by atoms with Crippen molar-refractivity contribution >= 4 is 27.8 Å². The lowest BCUT2D eigenvalue weighted by Gasteiger charge is -2.11. The van der Waals surface area contributed by atoms with Gasteiger partial charge in [-0.1, -0.05) is 34.1 Å². The predicted octanol–water partition coefficient (Wildman–Crippen LogP) is 4.38. The third-order valence-electron chi connectivity index (χ3n) is 3.31. The van der Waals surface area contributed by atoms with Crippen LogP contribution in [0.4, 0.5) is 0 Å². The van der Waals surface area contributed by atoms with Crippen LogP contribution in [0.5, 0.6) is 11.5 Å². The van der Waals surface area contributed by atoms with Crippen molar-refractivity contribution in [2.45, 2.75) is 0 Å². The van der Waals surface area contributed by atoms with Gasteiger partial charge in [-0.25, -0.2) is 0 Å². The van der Waals surface area contributed by atoms with Crippen molar-refractivity contribution < 1.29 is 19.0 Å². The number of ether oxygens (including phenoxy) is 3. The van der Waals surface area contributed by atoms with Crippen molar-refractivity contribution in [3.63, 3.8) is 0 Å². The van der Waals surface area contributed by atoms with Gasteiger partial charge in [-0.15, -0.1) is 0 Å². The summed E-state index contributed by atoms with van der Waals surface area (Å²) in [4.78, 5) is 12.4. The van der Waals surface area contributed by atoms with E-state index in [2.05, 4.69) is 15.9 Å². The molecule has 4 nitrogen and oxygen atoms in total. The number of ketones is 1. The van der Waals surface area contributed by atoms with Crippen molar-refractivity contribution in [2.75, 3.05) is 27.4 Å². The van der Waals surface area contributed by atoms with E-state index in [1.54, 1.807) is 44.6 Å². The lowest BCUT2D eigenvalue weighted by atomic mass is 10.1. The Kier molecular flexibility index (Phi) is 7.03. The van der Waals surface area contributed by atoms with Gasteiger partial charge in [-0.2, -0.15) is 0 Å². The van der Waals surface area contributed by atoms with Gasteiger partial charge >= 0.3 is 0 Å². The summed E-state index contributed by atoms with van der Waals surface area (Å²) in [6.45, 7) is 0.903. The van der Waals surface area contributed by atoms with Gasteiger partial charge in [0.1, 0.15) is 6.61 Å². The fraction of sp³-hybridized carbons (Fsp3) is 0.211. The van der Waals surface area contributed by atoms with Crippen molar-refractivity contribution in [2.24, 2.45) is 0 Å². The van der Waals surface area contributed by atoms with Crippen molar-refractivity contribution in [3.05, 3.63) is 64.1 Å². The molecule has 0 amide bonds. The summed E-state index contributed by atoms with van der Waals surface area (Å²) >= 11 is 3.46. The number of methoxy groups -OCH3 is 2. The van der Waals surface area contributed by atoms with E-state index in [0.717, 1.165) is 10.0 Å². The number of benzene rings is 2. The average molecular weight is 391 g/mol. The zero-order chi connectivity index (χ0) is 17.4. The van der Waals surface area contributed by atoms with E-state index < -0.39 is 0 Å². The molecule has 0 heterocycles. The molecule has 2 rings (SSSR count). The zero-order valence-corrected chi connectivity index (χ0v) is 15.2. The minimum Gasteiger partial charge on any atom is -0.493 e. The van der Waals surface area contributed by atoms with Gasteiger partial charge in [-0.3, -0.25) is 4.79 Å². The minimum absolute atomic E-state index is 0.104. The molecule has 0 atom stereocenters. The summed E-state index contributed by atoms with van der Waals surface area (Å²) in [7, 11) is 3.16. The second kappa shape index (κ2) is 9.25. The Labute approximate surface area is 150 Å². The number of halogens is 1. The lowest BCUT2D eigenvalue weighted by molar-refractivity contribution is 0.104. The molecule has 0 N–H and O–H groups in total. The number of hydrogen-bond acceptors (Lipinski definition) is 4. The highest BCUT2D eigenvalue weighted by Crippen LogP contribution is 2.28. The van der Waals surface area contributed by atoms with E-state index in [9.17, 15) is 4.79 Å². The highest BCUT2D eigenvalue weighted by Gasteiger charge is 2.09. The van der Waals surface area contributed by atoms with Gasteiger partial charge in [0.2, 0.25) is 0 Å². The maximum Gasteiger partial charge on any atom is 0.185 e. The molecule has 0 aliphatic rings.